The fourth-order valence-corrected chi connectivity index (χ4v) is 3.32. The van der Waals surface area contributed by atoms with E-state index in [1.165, 1.54) is 17.5 Å². The van der Waals surface area contributed by atoms with E-state index >= 15 is 0 Å². The Kier molecular flexibility index (Phi) is 5.22. The third-order valence-electron chi connectivity index (χ3n) is 3.36. The van der Waals surface area contributed by atoms with Gasteiger partial charge in [0.25, 0.3) is 5.91 Å². The third kappa shape index (κ3) is 4.17. The van der Waals surface area contributed by atoms with Gasteiger partial charge in [0.2, 0.25) is 0 Å². The van der Waals surface area contributed by atoms with Gasteiger partial charge in [0.15, 0.2) is 5.01 Å². The molecule has 1 heterocycles. The highest BCUT2D eigenvalue weighted by Crippen LogP contribution is 2.34. The van der Waals surface area contributed by atoms with Gasteiger partial charge in [-0.15, -0.1) is 11.3 Å². The summed E-state index contributed by atoms with van der Waals surface area (Å²) in [5.74, 6) is -0.424. The first-order valence-electron chi connectivity index (χ1n) is 7.13. The van der Waals surface area contributed by atoms with Crippen molar-refractivity contribution in [1.29, 1.82) is 0 Å². The maximum atomic E-state index is 12.6. The fourth-order valence-electron chi connectivity index (χ4n) is 2.13. The van der Waals surface area contributed by atoms with Crippen LogP contribution in [0.25, 0.3) is 11.3 Å². The van der Waals surface area contributed by atoms with Crippen LogP contribution < -0.4 is 5.32 Å². The minimum absolute atomic E-state index is 0.216. The van der Waals surface area contributed by atoms with Crippen molar-refractivity contribution in [3.8, 4) is 11.3 Å². The molecule has 1 aromatic heterocycles. The van der Waals surface area contributed by atoms with Gasteiger partial charge in [-0.25, -0.2) is 4.98 Å². The molecule has 0 radical (unpaired) electrons. The molecule has 3 nitrogen and oxygen atoms in total. The van der Waals surface area contributed by atoms with Gasteiger partial charge in [0.1, 0.15) is 0 Å². The summed E-state index contributed by atoms with van der Waals surface area (Å²) < 4.78 is 37.9. The lowest BCUT2D eigenvalue weighted by Gasteiger charge is -2.08. The number of alkyl halides is 3. The molecule has 0 fully saturated rings. The average molecular weight is 417 g/mol. The molecule has 0 aliphatic rings. The number of thiazole rings is 1. The van der Waals surface area contributed by atoms with Gasteiger partial charge in [-0.05, 0) is 30.3 Å². The second-order valence-corrected chi connectivity index (χ2v) is 6.89. The van der Waals surface area contributed by atoms with Crippen LogP contribution in [0.3, 0.4) is 0 Å². The van der Waals surface area contributed by atoms with Gasteiger partial charge >= 0.3 is 6.18 Å². The highest BCUT2D eigenvalue weighted by atomic mass is 35.5. The van der Waals surface area contributed by atoms with Crippen molar-refractivity contribution in [2.45, 2.75) is 6.18 Å². The molecule has 0 bridgehead atoms. The number of rotatable bonds is 3. The zero-order chi connectivity index (χ0) is 18.9. The number of carbonyl (C=O) groups is 1. The van der Waals surface area contributed by atoms with E-state index in [0.29, 0.717) is 27.6 Å². The van der Waals surface area contributed by atoms with Crippen LogP contribution in [-0.2, 0) is 6.18 Å². The number of anilines is 1. The first kappa shape index (κ1) is 18.7. The van der Waals surface area contributed by atoms with Crippen LogP contribution in [-0.4, -0.2) is 10.9 Å². The molecule has 0 spiro atoms. The van der Waals surface area contributed by atoms with Crippen molar-refractivity contribution in [3.05, 3.63) is 68.5 Å². The number of benzene rings is 2. The number of amides is 1. The summed E-state index contributed by atoms with van der Waals surface area (Å²) in [5, 5.41) is 3.73. The van der Waals surface area contributed by atoms with Crippen LogP contribution >= 0.6 is 34.5 Å². The van der Waals surface area contributed by atoms with Gasteiger partial charge in [-0.2, -0.15) is 13.2 Å². The molecule has 9 heteroatoms. The van der Waals surface area contributed by atoms with Crippen LogP contribution in [0.2, 0.25) is 10.0 Å². The van der Waals surface area contributed by atoms with Crippen LogP contribution in [0, 0.1) is 0 Å². The largest absolute Gasteiger partial charge is 0.443 e. The fraction of sp³-hybridized carbons (Fsp3) is 0.0588. The Morgan fingerprint density at radius 1 is 1.08 bits per heavy atom. The first-order valence-corrected chi connectivity index (χ1v) is 8.77. The van der Waals surface area contributed by atoms with Gasteiger partial charge in [-0.1, -0.05) is 35.3 Å². The van der Waals surface area contributed by atoms with Crippen molar-refractivity contribution in [2.75, 3.05) is 5.32 Å². The normalized spacial score (nSPS) is 11.4. The van der Waals surface area contributed by atoms with E-state index < -0.39 is 17.1 Å². The van der Waals surface area contributed by atoms with E-state index in [2.05, 4.69) is 10.3 Å². The van der Waals surface area contributed by atoms with Crippen molar-refractivity contribution >= 4 is 46.1 Å². The Labute approximate surface area is 160 Å². The standard InChI is InChI=1S/C17H9Cl2F3N2OS/c18-10-3-6-12(13(19)7-10)15(25)23-11-4-1-9(2-5-11)14-8-26-16(24-14)17(20,21)22/h1-8H,(H,23,25). The molecule has 1 amide bonds. The molecule has 2 aromatic carbocycles. The van der Waals surface area contributed by atoms with Crippen LogP contribution in [0.1, 0.15) is 15.4 Å². The molecule has 1 N–H and O–H groups in total. The Morgan fingerprint density at radius 2 is 1.77 bits per heavy atom. The molecular formula is C17H9Cl2F3N2OS. The molecule has 0 saturated heterocycles. The second kappa shape index (κ2) is 7.26. The number of nitrogens with one attached hydrogen (secondary N) is 1. The molecule has 26 heavy (non-hydrogen) atoms. The van der Waals surface area contributed by atoms with Crippen LogP contribution in [0.15, 0.2) is 47.8 Å². The van der Waals surface area contributed by atoms with E-state index in [-0.39, 0.29) is 16.3 Å². The number of carbonyl (C=O) groups excluding carboxylic acids is 1. The van der Waals surface area contributed by atoms with Gasteiger partial charge in [0.05, 0.1) is 16.3 Å². The monoisotopic (exact) mass is 416 g/mol. The van der Waals surface area contributed by atoms with Crippen LogP contribution in [0.5, 0.6) is 0 Å². The quantitative estimate of drug-likeness (QED) is 0.537. The van der Waals surface area contributed by atoms with E-state index in [1.807, 2.05) is 0 Å². The van der Waals surface area contributed by atoms with E-state index in [1.54, 1.807) is 30.3 Å². The molecule has 134 valence electrons. The number of aromatic nitrogens is 1. The summed E-state index contributed by atoms with van der Waals surface area (Å²) in [4.78, 5) is 15.8. The summed E-state index contributed by atoms with van der Waals surface area (Å²) in [6, 6.07) is 10.8. The lowest BCUT2D eigenvalue weighted by atomic mass is 10.1. The number of hydrogen-bond acceptors (Lipinski definition) is 3. The summed E-state index contributed by atoms with van der Waals surface area (Å²) >= 11 is 12.3. The predicted octanol–water partition coefficient (Wildman–Crippen LogP) is 6.39. The minimum Gasteiger partial charge on any atom is -0.322 e. The minimum atomic E-state index is -4.46. The van der Waals surface area contributed by atoms with Crippen LogP contribution in [0.4, 0.5) is 18.9 Å². The molecule has 3 rings (SSSR count). The van der Waals surface area contributed by atoms with E-state index in [0.717, 1.165) is 0 Å². The lowest BCUT2D eigenvalue weighted by Crippen LogP contribution is -2.12. The highest BCUT2D eigenvalue weighted by Gasteiger charge is 2.34. The first-order chi connectivity index (χ1) is 12.2. The lowest BCUT2D eigenvalue weighted by molar-refractivity contribution is -0.137. The van der Waals surface area contributed by atoms with Gasteiger partial charge in [-0.3, -0.25) is 4.79 Å². The molecule has 0 aliphatic heterocycles. The van der Waals surface area contributed by atoms with E-state index in [9.17, 15) is 18.0 Å². The maximum absolute atomic E-state index is 12.6. The van der Waals surface area contributed by atoms with E-state index in [4.69, 9.17) is 23.2 Å². The second-order valence-electron chi connectivity index (χ2n) is 5.19. The number of nitrogens with zero attached hydrogens (tertiary/aromatic N) is 1. The van der Waals surface area contributed by atoms with Gasteiger partial charge in [0, 0.05) is 21.7 Å². The van der Waals surface area contributed by atoms with Crippen molar-refractivity contribution in [1.82, 2.24) is 4.98 Å². The molecular weight excluding hydrogens is 408 g/mol. The molecule has 3 aromatic rings. The Hall–Kier alpha value is -2.09. The Balaban J connectivity index is 1.75. The number of halogens is 5. The molecule has 0 unspecified atom stereocenters. The smallest absolute Gasteiger partial charge is 0.322 e. The van der Waals surface area contributed by atoms with Crippen molar-refractivity contribution in [3.63, 3.8) is 0 Å². The molecule has 0 atom stereocenters. The maximum Gasteiger partial charge on any atom is 0.443 e. The van der Waals surface area contributed by atoms with Crippen molar-refractivity contribution in [2.24, 2.45) is 0 Å². The summed E-state index contributed by atoms with van der Waals surface area (Å²) in [6.07, 6.45) is -4.46. The van der Waals surface area contributed by atoms with Gasteiger partial charge < -0.3 is 5.32 Å². The zero-order valence-electron chi connectivity index (χ0n) is 12.8. The predicted molar refractivity (Wildman–Crippen MR) is 97.0 cm³/mol. The SMILES string of the molecule is O=C(Nc1ccc(-c2csc(C(F)(F)F)n2)cc1)c1ccc(Cl)cc1Cl. The summed E-state index contributed by atoms with van der Waals surface area (Å²) in [7, 11) is 0. The zero-order valence-corrected chi connectivity index (χ0v) is 15.1. The summed E-state index contributed by atoms with van der Waals surface area (Å²) in [5.41, 5.74) is 1.46. The topological polar surface area (TPSA) is 42.0 Å². The van der Waals surface area contributed by atoms with Crippen molar-refractivity contribution < 1.29 is 18.0 Å². The number of hydrogen-bond donors (Lipinski definition) is 1. The summed E-state index contributed by atoms with van der Waals surface area (Å²) in [6.45, 7) is 0. The molecule has 0 saturated carbocycles. The Morgan fingerprint density at radius 3 is 2.35 bits per heavy atom. The Bertz CT molecular complexity index is 955. The average Bonchev–Trinajstić information content (AvgIpc) is 3.05. The highest BCUT2D eigenvalue weighted by molar-refractivity contribution is 7.10. The molecule has 0 aliphatic carbocycles. The third-order valence-corrected chi connectivity index (χ3v) is 4.80.